The van der Waals surface area contributed by atoms with E-state index in [0.717, 1.165) is 25.2 Å². The monoisotopic (exact) mass is 691 g/mol. The number of nitrogens with zero attached hydrogens (tertiary/aromatic N) is 6. The Kier molecular flexibility index (Phi) is 10.9. The summed E-state index contributed by atoms with van der Waals surface area (Å²) in [5, 5.41) is 0. The minimum absolute atomic E-state index is 0.0300. The molecule has 0 spiro atoms. The molecule has 0 unspecified atom stereocenters. The summed E-state index contributed by atoms with van der Waals surface area (Å²) >= 11 is 0. The number of pyridine rings is 1. The molecular weight excluding hydrogens is 641 g/mol. The molecule has 2 saturated heterocycles. The van der Waals surface area contributed by atoms with Gasteiger partial charge in [-0.05, 0) is 104 Å². The summed E-state index contributed by atoms with van der Waals surface area (Å²) in [7, 11) is 0. The summed E-state index contributed by atoms with van der Waals surface area (Å²) in [6.07, 6.45) is 7.84. The number of carbonyl (C=O) groups is 3. The van der Waals surface area contributed by atoms with Gasteiger partial charge in [0.1, 0.15) is 18.0 Å². The molecule has 3 fully saturated rings. The number of H-pyrrole nitrogens is 1. The van der Waals surface area contributed by atoms with Crippen molar-refractivity contribution in [2.45, 2.75) is 90.3 Å². The van der Waals surface area contributed by atoms with E-state index in [2.05, 4.69) is 19.9 Å². The molecular formula is C37H50FN7O5. The van der Waals surface area contributed by atoms with E-state index in [1.54, 1.807) is 11.1 Å². The van der Waals surface area contributed by atoms with Crippen molar-refractivity contribution in [2.75, 3.05) is 45.9 Å². The molecule has 3 aliphatic rings. The fraction of sp³-hybridized carbons (Fsp3) is 0.595. The Hall–Kier alpha value is -4.26. The van der Waals surface area contributed by atoms with Crippen LogP contribution in [-0.2, 0) is 9.53 Å². The fourth-order valence-electron chi connectivity index (χ4n) is 7.36. The van der Waals surface area contributed by atoms with Gasteiger partial charge in [0.15, 0.2) is 0 Å². The Morgan fingerprint density at radius 3 is 2.40 bits per heavy atom. The minimum atomic E-state index is -0.575. The fourth-order valence-corrected chi connectivity index (χ4v) is 7.36. The quantitative estimate of drug-likeness (QED) is 0.356. The molecule has 6 rings (SSSR count). The van der Waals surface area contributed by atoms with Gasteiger partial charge >= 0.3 is 6.09 Å². The molecule has 1 aromatic carbocycles. The highest BCUT2D eigenvalue weighted by Gasteiger charge is 2.37. The standard InChI is InChI=1S/C37H50FN7O5/c1-25-24-43(36(48)50-37(2,3)4)18-19-44(25)34(47)27-10-14-29(15-11-27)45-31-22-32(49-21-20-42-16-6-5-7-17-42)39-23-30(31)40-35(45)41-33(46)26-8-12-28(38)13-9-26/h8-9,12-13,22-23,25,27,29H,5-7,10-11,14-21,24H2,1-4H3,(H,40,41,46)/t25-,27-,29+/m1/s1. The van der Waals surface area contributed by atoms with E-state index in [1.165, 1.54) is 43.5 Å². The molecule has 1 saturated carbocycles. The van der Waals surface area contributed by atoms with E-state index in [4.69, 9.17) is 9.47 Å². The van der Waals surface area contributed by atoms with Crippen molar-refractivity contribution in [3.05, 3.63) is 53.5 Å². The summed E-state index contributed by atoms with van der Waals surface area (Å²) in [4.78, 5) is 57.9. The molecule has 12 nitrogen and oxygen atoms in total. The molecule has 50 heavy (non-hydrogen) atoms. The summed E-state index contributed by atoms with van der Waals surface area (Å²) in [6, 6.07) is 7.09. The number of piperidine rings is 1. The first-order chi connectivity index (χ1) is 23.9. The average Bonchev–Trinajstić information content (AvgIpc) is 3.45. The molecule has 13 heteroatoms. The lowest BCUT2D eigenvalue weighted by molar-refractivity contribution is -0.141. The Bertz CT molecular complexity index is 1730. The predicted molar refractivity (Wildman–Crippen MR) is 186 cm³/mol. The summed E-state index contributed by atoms with van der Waals surface area (Å²) in [5.41, 5.74) is 1.62. The Morgan fingerprint density at radius 1 is 1.00 bits per heavy atom. The molecule has 1 atom stereocenters. The second-order valence-corrected chi connectivity index (χ2v) is 14.8. The van der Waals surface area contributed by atoms with Gasteiger partial charge in [-0.25, -0.2) is 14.2 Å². The topological polar surface area (TPSA) is 125 Å². The highest BCUT2D eigenvalue weighted by Crippen LogP contribution is 2.35. The van der Waals surface area contributed by atoms with E-state index in [9.17, 15) is 18.8 Å². The molecule has 270 valence electrons. The molecule has 0 bridgehead atoms. The van der Waals surface area contributed by atoms with Crippen molar-refractivity contribution < 1.29 is 28.2 Å². The molecule has 2 aliphatic heterocycles. The van der Waals surface area contributed by atoms with Crippen molar-refractivity contribution in [3.63, 3.8) is 0 Å². The number of aromatic nitrogens is 3. The predicted octanol–water partition coefficient (Wildman–Crippen LogP) is 5.31. The lowest BCUT2D eigenvalue weighted by atomic mass is 9.84. The number of aromatic amines is 1. The van der Waals surface area contributed by atoms with E-state index < -0.39 is 17.3 Å². The second kappa shape index (κ2) is 15.3. The number of amides is 3. The van der Waals surface area contributed by atoms with Gasteiger partial charge in [-0.3, -0.25) is 14.5 Å². The number of ether oxygens (including phenoxy) is 2. The lowest BCUT2D eigenvalue weighted by Crippen LogP contribution is -2.57. The number of carbonyl (C=O) groups excluding carboxylic acids is 3. The van der Waals surface area contributed by atoms with Crippen molar-refractivity contribution >= 4 is 28.9 Å². The second-order valence-electron chi connectivity index (χ2n) is 14.8. The number of fused-ring (bicyclic) bond motifs is 1. The van der Waals surface area contributed by atoms with Crippen LogP contribution in [0.3, 0.4) is 0 Å². The SMILES string of the molecule is C[C@@H]1CN(C(=O)OC(C)(C)C)CCN1C(=O)[C@H]1CC[C@@H](n2/c(=N/C(=O)c3ccc(F)cc3)[nH]c3cnc(OCCN4CCCCC4)cc32)CC1. The highest BCUT2D eigenvalue weighted by molar-refractivity contribution is 5.95. The van der Waals surface area contributed by atoms with Crippen molar-refractivity contribution in [1.82, 2.24) is 29.2 Å². The molecule has 3 aromatic rings. The first-order valence-corrected chi connectivity index (χ1v) is 18.0. The molecule has 4 heterocycles. The number of halogens is 1. The normalized spacial score (nSPS) is 22.5. The number of rotatable bonds is 7. The van der Waals surface area contributed by atoms with Gasteiger partial charge < -0.3 is 28.8 Å². The molecule has 0 radical (unpaired) electrons. The first-order valence-electron chi connectivity index (χ1n) is 18.0. The third kappa shape index (κ3) is 8.54. The van der Waals surface area contributed by atoms with Crippen molar-refractivity contribution in [2.24, 2.45) is 10.9 Å². The van der Waals surface area contributed by atoms with Crippen LogP contribution in [0.15, 0.2) is 41.5 Å². The largest absolute Gasteiger partial charge is 0.476 e. The Labute approximate surface area is 292 Å². The van der Waals surface area contributed by atoms with Crippen molar-refractivity contribution in [3.8, 4) is 5.88 Å². The van der Waals surface area contributed by atoms with Crippen LogP contribution in [0, 0.1) is 11.7 Å². The van der Waals surface area contributed by atoms with Crippen LogP contribution < -0.4 is 10.4 Å². The van der Waals surface area contributed by atoms with Gasteiger partial charge in [-0.1, -0.05) is 6.42 Å². The van der Waals surface area contributed by atoms with Gasteiger partial charge in [-0.2, -0.15) is 4.99 Å². The van der Waals surface area contributed by atoms with E-state index in [1.807, 2.05) is 43.2 Å². The van der Waals surface area contributed by atoms with E-state index in [-0.39, 0.29) is 35.6 Å². The van der Waals surface area contributed by atoms with E-state index >= 15 is 0 Å². The molecule has 1 N–H and O–H groups in total. The number of hydrogen-bond acceptors (Lipinski definition) is 7. The zero-order valence-electron chi connectivity index (χ0n) is 29.7. The van der Waals surface area contributed by atoms with Gasteiger partial charge in [0.05, 0.1) is 17.2 Å². The Balaban J connectivity index is 1.18. The van der Waals surface area contributed by atoms with Crippen molar-refractivity contribution in [1.29, 1.82) is 0 Å². The van der Waals surface area contributed by atoms with Gasteiger partial charge in [0.2, 0.25) is 17.4 Å². The zero-order valence-corrected chi connectivity index (χ0v) is 29.7. The van der Waals surface area contributed by atoms with Gasteiger partial charge in [0.25, 0.3) is 5.91 Å². The highest BCUT2D eigenvalue weighted by atomic mass is 19.1. The number of hydrogen-bond donors (Lipinski definition) is 1. The number of likely N-dealkylation sites (tertiary alicyclic amines) is 1. The first kappa shape index (κ1) is 35.6. The van der Waals surface area contributed by atoms with Crippen LogP contribution in [0.1, 0.15) is 89.0 Å². The minimum Gasteiger partial charge on any atom is -0.476 e. The number of piperazine rings is 1. The number of nitrogens with one attached hydrogen (secondary N) is 1. The third-order valence-corrected chi connectivity index (χ3v) is 9.97. The van der Waals surface area contributed by atoms with Crippen LogP contribution in [0.25, 0.3) is 11.0 Å². The Morgan fingerprint density at radius 2 is 1.72 bits per heavy atom. The number of imidazole rings is 1. The molecule has 2 aromatic heterocycles. The lowest BCUT2D eigenvalue weighted by Gasteiger charge is -2.42. The average molecular weight is 692 g/mol. The zero-order chi connectivity index (χ0) is 35.4. The maximum atomic E-state index is 13.8. The maximum absolute atomic E-state index is 13.8. The van der Waals surface area contributed by atoms with Crippen LogP contribution in [0.5, 0.6) is 5.88 Å². The van der Waals surface area contributed by atoms with Gasteiger partial charge in [-0.15, -0.1) is 0 Å². The summed E-state index contributed by atoms with van der Waals surface area (Å²) in [5.74, 6) is -0.425. The molecule has 1 aliphatic carbocycles. The number of benzene rings is 1. The molecule has 3 amide bonds. The van der Waals surface area contributed by atoms with Crippen LogP contribution in [0.2, 0.25) is 0 Å². The summed E-state index contributed by atoms with van der Waals surface area (Å²) in [6.45, 7) is 12.4. The summed E-state index contributed by atoms with van der Waals surface area (Å²) < 4.78 is 27.3. The smallest absolute Gasteiger partial charge is 0.410 e. The van der Waals surface area contributed by atoms with Crippen LogP contribution in [-0.4, -0.2) is 105 Å². The maximum Gasteiger partial charge on any atom is 0.410 e. The van der Waals surface area contributed by atoms with Gasteiger partial charge in [0, 0.05) is 55.8 Å². The third-order valence-electron chi connectivity index (χ3n) is 9.97. The van der Waals surface area contributed by atoms with Crippen LogP contribution in [0.4, 0.5) is 9.18 Å². The van der Waals surface area contributed by atoms with Crippen LogP contribution >= 0.6 is 0 Å². The van der Waals surface area contributed by atoms with E-state index in [0.29, 0.717) is 68.9 Å².